The Morgan fingerprint density at radius 1 is 1.38 bits per heavy atom. The summed E-state index contributed by atoms with van der Waals surface area (Å²) in [7, 11) is -2.88. The number of aliphatic hydroxyl groups excluding tert-OH is 1. The van der Waals surface area contributed by atoms with Gasteiger partial charge in [0.2, 0.25) is 0 Å². The molecule has 0 aliphatic heterocycles. The molecule has 0 aromatic rings. The average molecular weight is 246 g/mol. The van der Waals surface area contributed by atoms with Crippen molar-refractivity contribution in [3.63, 3.8) is 0 Å². The summed E-state index contributed by atoms with van der Waals surface area (Å²) in [5.74, 6) is 0.516. The quantitative estimate of drug-likeness (QED) is 0.755. The standard InChI is InChI=1S/C12H22O3S/c1-2-8-16(14,15)9-7-11-5-3-4-6-12(13)10-11/h10,12-13H,2-9H2,1H3. The molecule has 0 radical (unpaired) electrons. The van der Waals surface area contributed by atoms with E-state index in [1.54, 1.807) is 0 Å². The molecule has 1 unspecified atom stereocenters. The van der Waals surface area contributed by atoms with Crippen LogP contribution in [0.1, 0.15) is 45.4 Å². The van der Waals surface area contributed by atoms with Crippen LogP contribution in [0.4, 0.5) is 0 Å². The highest BCUT2D eigenvalue weighted by Crippen LogP contribution is 2.20. The van der Waals surface area contributed by atoms with E-state index in [9.17, 15) is 13.5 Å². The first kappa shape index (κ1) is 13.7. The summed E-state index contributed by atoms with van der Waals surface area (Å²) in [6, 6.07) is 0. The number of hydrogen-bond donors (Lipinski definition) is 1. The van der Waals surface area contributed by atoms with Gasteiger partial charge in [0.1, 0.15) is 0 Å². The number of hydrogen-bond acceptors (Lipinski definition) is 3. The third-order valence-electron chi connectivity index (χ3n) is 2.93. The molecule has 0 heterocycles. The minimum absolute atomic E-state index is 0.236. The van der Waals surface area contributed by atoms with Crippen molar-refractivity contribution >= 4 is 9.84 Å². The SMILES string of the molecule is CCCS(=O)(=O)CCC1=CC(O)CCCC1. The Labute approximate surface area is 98.5 Å². The van der Waals surface area contributed by atoms with Gasteiger partial charge in [0.25, 0.3) is 0 Å². The van der Waals surface area contributed by atoms with Crippen molar-refractivity contribution in [1.82, 2.24) is 0 Å². The molecular weight excluding hydrogens is 224 g/mol. The summed E-state index contributed by atoms with van der Waals surface area (Å²) in [5, 5.41) is 9.57. The van der Waals surface area contributed by atoms with E-state index < -0.39 is 9.84 Å². The van der Waals surface area contributed by atoms with Crippen LogP contribution < -0.4 is 0 Å². The smallest absolute Gasteiger partial charge is 0.150 e. The molecule has 0 saturated heterocycles. The van der Waals surface area contributed by atoms with E-state index in [-0.39, 0.29) is 17.6 Å². The van der Waals surface area contributed by atoms with Gasteiger partial charge in [-0.3, -0.25) is 0 Å². The molecular formula is C12H22O3S. The van der Waals surface area contributed by atoms with Gasteiger partial charge in [-0.05, 0) is 32.1 Å². The molecule has 3 nitrogen and oxygen atoms in total. The van der Waals surface area contributed by atoms with Crippen LogP contribution >= 0.6 is 0 Å². The van der Waals surface area contributed by atoms with Gasteiger partial charge in [0.15, 0.2) is 9.84 Å². The number of aliphatic hydroxyl groups is 1. The van der Waals surface area contributed by atoms with E-state index in [2.05, 4.69) is 0 Å². The number of rotatable bonds is 5. The average Bonchev–Trinajstić information content (AvgIpc) is 2.40. The summed E-state index contributed by atoms with van der Waals surface area (Å²) >= 11 is 0. The molecule has 0 saturated carbocycles. The molecule has 0 fully saturated rings. The molecule has 0 aromatic heterocycles. The first-order valence-corrected chi connectivity index (χ1v) is 7.93. The predicted molar refractivity (Wildman–Crippen MR) is 66.1 cm³/mol. The Morgan fingerprint density at radius 3 is 2.81 bits per heavy atom. The van der Waals surface area contributed by atoms with Crippen molar-refractivity contribution in [3.05, 3.63) is 11.6 Å². The third-order valence-corrected chi connectivity index (χ3v) is 4.78. The van der Waals surface area contributed by atoms with Crippen LogP contribution in [0.2, 0.25) is 0 Å². The highest BCUT2D eigenvalue weighted by atomic mass is 32.2. The van der Waals surface area contributed by atoms with Crippen molar-refractivity contribution in [2.24, 2.45) is 0 Å². The van der Waals surface area contributed by atoms with Gasteiger partial charge >= 0.3 is 0 Å². The van der Waals surface area contributed by atoms with Gasteiger partial charge in [0.05, 0.1) is 11.9 Å². The first-order valence-electron chi connectivity index (χ1n) is 6.11. The van der Waals surface area contributed by atoms with Crippen molar-refractivity contribution in [2.75, 3.05) is 11.5 Å². The minimum Gasteiger partial charge on any atom is -0.389 e. The van der Waals surface area contributed by atoms with E-state index in [0.29, 0.717) is 12.8 Å². The van der Waals surface area contributed by atoms with Gasteiger partial charge in [-0.25, -0.2) is 8.42 Å². The van der Waals surface area contributed by atoms with E-state index in [1.807, 2.05) is 13.0 Å². The molecule has 94 valence electrons. The van der Waals surface area contributed by atoms with E-state index >= 15 is 0 Å². The highest BCUT2D eigenvalue weighted by molar-refractivity contribution is 7.91. The van der Waals surface area contributed by atoms with Gasteiger partial charge in [-0.1, -0.05) is 25.0 Å². The Morgan fingerprint density at radius 2 is 2.12 bits per heavy atom. The third kappa shape index (κ3) is 5.12. The van der Waals surface area contributed by atoms with Crippen molar-refractivity contribution < 1.29 is 13.5 Å². The maximum absolute atomic E-state index is 11.6. The summed E-state index contributed by atoms with van der Waals surface area (Å²) in [5.41, 5.74) is 1.12. The number of allylic oxidation sites excluding steroid dienone is 1. The molecule has 0 bridgehead atoms. The molecule has 1 rings (SSSR count). The summed E-state index contributed by atoms with van der Waals surface area (Å²) in [6.45, 7) is 1.88. The summed E-state index contributed by atoms with van der Waals surface area (Å²) in [4.78, 5) is 0. The van der Waals surface area contributed by atoms with Crippen molar-refractivity contribution in [1.29, 1.82) is 0 Å². The zero-order chi connectivity index (χ0) is 12.0. The Kier molecular flexibility index (Phi) is 5.49. The lowest BCUT2D eigenvalue weighted by Gasteiger charge is -2.07. The zero-order valence-electron chi connectivity index (χ0n) is 9.98. The fourth-order valence-corrected chi connectivity index (χ4v) is 3.45. The van der Waals surface area contributed by atoms with Gasteiger partial charge in [-0.2, -0.15) is 0 Å². The second-order valence-corrected chi connectivity index (χ2v) is 6.84. The lowest BCUT2D eigenvalue weighted by Crippen LogP contribution is -2.11. The molecule has 0 aromatic carbocycles. The van der Waals surface area contributed by atoms with Crippen LogP contribution in [0.3, 0.4) is 0 Å². The van der Waals surface area contributed by atoms with Crippen LogP contribution in [0, 0.1) is 0 Å². The van der Waals surface area contributed by atoms with Crippen molar-refractivity contribution in [3.8, 4) is 0 Å². The van der Waals surface area contributed by atoms with Crippen LogP contribution in [0.5, 0.6) is 0 Å². The topological polar surface area (TPSA) is 54.4 Å². The Bertz CT molecular complexity index is 330. The molecule has 1 aliphatic rings. The second-order valence-electron chi connectivity index (χ2n) is 4.54. The summed E-state index contributed by atoms with van der Waals surface area (Å²) < 4.78 is 23.1. The fraction of sp³-hybridized carbons (Fsp3) is 0.833. The van der Waals surface area contributed by atoms with Crippen molar-refractivity contribution in [2.45, 2.75) is 51.6 Å². The minimum atomic E-state index is -2.88. The maximum atomic E-state index is 11.6. The molecule has 0 amide bonds. The van der Waals surface area contributed by atoms with E-state index in [0.717, 1.165) is 31.3 Å². The molecule has 1 N–H and O–H groups in total. The summed E-state index contributed by atoms with van der Waals surface area (Å²) in [6.07, 6.45) is 6.62. The molecule has 1 atom stereocenters. The largest absolute Gasteiger partial charge is 0.389 e. The van der Waals surface area contributed by atoms with Gasteiger partial charge in [0, 0.05) is 5.75 Å². The fourth-order valence-electron chi connectivity index (χ4n) is 2.05. The van der Waals surface area contributed by atoms with Gasteiger partial charge in [-0.15, -0.1) is 0 Å². The molecule has 0 spiro atoms. The monoisotopic (exact) mass is 246 g/mol. The van der Waals surface area contributed by atoms with E-state index in [4.69, 9.17) is 0 Å². The Balaban J connectivity index is 2.47. The lowest BCUT2D eigenvalue weighted by molar-refractivity contribution is 0.211. The second kappa shape index (κ2) is 6.40. The Hall–Kier alpha value is -0.350. The number of sulfone groups is 1. The normalized spacial score (nSPS) is 22.6. The van der Waals surface area contributed by atoms with Crippen LogP contribution in [-0.4, -0.2) is 31.1 Å². The van der Waals surface area contributed by atoms with Crippen LogP contribution in [0.25, 0.3) is 0 Å². The van der Waals surface area contributed by atoms with Crippen LogP contribution in [-0.2, 0) is 9.84 Å². The first-order chi connectivity index (χ1) is 7.53. The lowest BCUT2D eigenvalue weighted by atomic mass is 10.1. The predicted octanol–water partition coefficient (Wildman–Crippen LogP) is 2.06. The molecule has 1 aliphatic carbocycles. The zero-order valence-corrected chi connectivity index (χ0v) is 10.8. The molecule has 16 heavy (non-hydrogen) atoms. The van der Waals surface area contributed by atoms with E-state index in [1.165, 1.54) is 0 Å². The van der Waals surface area contributed by atoms with Gasteiger partial charge < -0.3 is 5.11 Å². The van der Waals surface area contributed by atoms with Crippen LogP contribution in [0.15, 0.2) is 11.6 Å². The maximum Gasteiger partial charge on any atom is 0.150 e. The molecule has 4 heteroatoms. The highest BCUT2D eigenvalue weighted by Gasteiger charge is 2.13.